The maximum Gasteiger partial charge on any atom is 0.0862 e. The van der Waals surface area contributed by atoms with E-state index in [1.807, 2.05) is 24.0 Å². The van der Waals surface area contributed by atoms with E-state index in [-0.39, 0.29) is 6.10 Å². The van der Waals surface area contributed by atoms with E-state index < -0.39 is 0 Å². The molecule has 5 nitrogen and oxygen atoms in total. The van der Waals surface area contributed by atoms with Crippen molar-refractivity contribution in [1.82, 2.24) is 14.7 Å². The van der Waals surface area contributed by atoms with Crippen LogP contribution in [0.5, 0.6) is 0 Å². The fraction of sp³-hybridized carbons (Fsp3) is 0.800. The van der Waals surface area contributed by atoms with E-state index in [2.05, 4.69) is 10.00 Å². The van der Waals surface area contributed by atoms with Gasteiger partial charge in [0.05, 0.1) is 18.8 Å². The first-order valence-electron chi connectivity index (χ1n) is 7.90. The molecule has 2 saturated heterocycles. The molecule has 3 rings (SSSR count). The molecule has 3 heterocycles. The van der Waals surface area contributed by atoms with E-state index in [0.29, 0.717) is 25.2 Å². The highest BCUT2D eigenvalue weighted by Gasteiger charge is 2.28. The Balaban J connectivity index is 1.55. The van der Waals surface area contributed by atoms with Crippen LogP contribution in [0.1, 0.15) is 19.3 Å². The van der Waals surface area contributed by atoms with Crippen molar-refractivity contribution in [3.63, 3.8) is 0 Å². The molecular formula is C15H25N3O2S. The van der Waals surface area contributed by atoms with Crippen LogP contribution in [-0.4, -0.2) is 69.2 Å². The largest absolute Gasteiger partial charge is 0.390 e. The van der Waals surface area contributed by atoms with Crippen molar-refractivity contribution in [2.75, 3.05) is 31.2 Å². The molecule has 0 amide bonds. The highest BCUT2D eigenvalue weighted by Crippen LogP contribution is 2.24. The monoisotopic (exact) mass is 311 g/mol. The van der Waals surface area contributed by atoms with Crippen LogP contribution in [0.15, 0.2) is 18.5 Å². The zero-order valence-corrected chi connectivity index (χ0v) is 13.2. The molecule has 2 aliphatic heterocycles. The number of aliphatic hydroxyl groups is 1. The molecule has 0 aliphatic carbocycles. The van der Waals surface area contributed by atoms with Gasteiger partial charge in [-0.25, -0.2) is 0 Å². The number of aliphatic hydroxyl groups excluding tert-OH is 1. The second-order valence-electron chi connectivity index (χ2n) is 5.99. The Bertz CT molecular complexity index is 403. The van der Waals surface area contributed by atoms with Crippen molar-refractivity contribution >= 4 is 11.8 Å². The van der Waals surface area contributed by atoms with Gasteiger partial charge in [-0.3, -0.25) is 9.58 Å². The molecule has 1 N–H and O–H groups in total. The maximum atomic E-state index is 10.4. The molecular weight excluding hydrogens is 286 g/mol. The van der Waals surface area contributed by atoms with E-state index in [0.717, 1.165) is 19.6 Å². The van der Waals surface area contributed by atoms with Crippen molar-refractivity contribution in [2.24, 2.45) is 0 Å². The Hall–Kier alpha value is -0.560. The van der Waals surface area contributed by atoms with Gasteiger partial charge in [0.2, 0.25) is 0 Å². The summed E-state index contributed by atoms with van der Waals surface area (Å²) in [7, 11) is 0. The van der Waals surface area contributed by atoms with Crippen LogP contribution in [0.4, 0.5) is 0 Å². The fourth-order valence-electron chi connectivity index (χ4n) is 3.19. The third kappa shape index (κ3) is 4.45. The first-order chi connectivity index (χ1) is 10.3. The molecule has 0 spiro atoms. The van der Waals surface area contributed by atoms with Crippen molar-refractivity contribution in [3.8, 4) is 0 Å². The van der Waals surface area contributed by atoms with Gasteiger partial charge in [0.25, 0.3) is 0 Å². The predicted molar refractivity (Wildman–Crippen MR) is 84.5 cm³/mol. The summed E-state index contributed by atoms with van der Waals surface area (Å²) < 4.78 is 7.59. The minimum absolute atomic E-state index is 0.354. The zero-order chi connectivity index (χ0) is 14.5. The Morgan fingerprint density at radius 1 is 1.48 bits per heavy atom. The van der Waals surface area contributed by atoms with Gasteiger partial charge in [-0.05, 0) is 31.1 Å². The van der Waals surface area contributed by atoms with Gasteiger partial charge in [-0.2, -0.15) is 16.9 Å². The molecule has 0 unspecified atom stereocenters. The average molecular weight is 311 g/mol. The van der Waals surface area contributed by atoms with E-state index in [4.69, 9.17) is 4.74 Å². The Morgan fingerprint density at radius 2 is 2.43 bits per heavy atom. The third-order valence-electron chi connectivity index (χ3n) is 4.29. The summed E-state index contributed by atoms with van der Waals surface area (Å²) in [6.45, 7) is 3.13. The van der Waals surface area contributed by atoms with Gasteiger partial charge >= 0.3 is 0 Å². The molecule has 21 heavy (non-hydrogen) atoms. The van der Waals surface area contributed by atoms with E-state index >= 15 is 0 Å². The first kappa shape index (κ1) is 15.3. The average Bonchev–Trinajstić information content (AvgIpc) is 3.22. The highest BCUT2D eigenvalue weighted by atomic mass is 32.2. The normalized spacial score (nSPS) is 27.5. The van der Waals surface area contributed by atoms with Crippen molar-refractivity contribution in [3.05, 3.63) is 18.5 Å². The van der Waals surface area contributed by atoms with Crippen LogP contribution in [-0.2, 0) is 11.3 Å². The molecule has 1 aromatic rings. The van der Waals surface area contributed by atoms with E-state index in [1.54, 1.807) is 10.9 Å². The number of rotatable bonds is 7. The van der Waals surface area contributed by atoms with E-state index in [1.165, 1.54) is 24.3 Å². The lowest BCUT2D eigenvalue weighted by Gasteiger charge is -2.32. The molecule has 6 heteroatoms. The van der Waals surface area contributed by atoms with Crippen LogP contribution in [0.2, 0.25) is 0 Å². The van der Waals surface area contributed by atoms with Gasteiger partial charge in [0, 0.05) is 43.9 Å². The molecule has 0 saturated carbocycles. The van der Waals surface area contributed by atoms with Crippen LogP contribution >= 0.6 is 11.8 Å². The van der Waals surface area contributed by atoms with Crippen LogP contribution < -0.4 is 0 Å². The van der Waals surface area contributed by atoms with Gasteiger partial charge < -0.3 is 9.84 Å². The van der Waals surface area contributed by atoms with Gasteiger partial charge in [-0.1, -0.05) is 0 Å². The molecule has 2 fully saturated rings. The number of hydrogen-bond donors (Lipinski definition) is 1. The zero-order valence-electron chi connectivity index (χ0n) is 12.4. The third-order valence-corrected chi connectivity index (χ3v) is 5.43. The minimum Gasteiger partial charge on any atom is -0.390 e. The SMILES string of the molecule is O[C@H](CN(C[C@H]1CCCO1)[C@@H]1CCSC1)Cn1cccn1. The number of hydrogen-bond acceptors (Lipinski definition) is 5. The second-order valence-corrected chi connectivity index (χ2v) is 7.14. The summed E-state index contributed by atoms with van der Waals surface area (Å²) in [5.74, 6) is 2.42. The summed E-state index contributed by atoms with van der Waals surface area (Å²) in [6, 6.07) is 2.48. The molecule has 0 bridgehead atoms. The van der Waals surface area contributed by atoms with Gasteiger partial charge in [0.1, 0.15) is 0 Å². The molecule has 2 aliphatic rings. The lowest BCUT2D eigenvalue weighted by molar-refractivity contribution is 0.0296. The highest BCUT2D eigenvalue weighted by molar-refractivity contribution is 7.99. The van der Waals surface area contributed by atoms with Gasteiger partial charge in [0.15, 0.2) is 0 Å². The first-order valence-corrected chi connectivity index (χ1v) is 9.05. The predicted octanol–water partition coefficient (Wildman–Crippen LogP) is 1.23. The summed E-state index contributed by atoms with van der Waals surface area (Å²) in [6.07, 6.45) is 7.19. The molecule has 118 valence electrons. The van der Waals surface area contributed by atoms with Crippen molar-refractivity contribution in [1.29, 1.82) is 0 Å². The summed E-state index contributed by atoms with van der Waals surface area (Å²) in [4.78, 5) is 2.45. The van der Waals surface area contributed by atoms with Crippen LogP contribution in [0, 0.1) is 0 Å². The van der Waals surface area contributed by atoms with Gasteiger partial charge in [-0.15, -0.1) is 0 Å². The number of nitrogens with zero attached hydrogens (tertiary/aromatic N) is 3. The molecule has 3 atom stereocenters. The van der Waals surface area contributed by atoms with Crippen LogP contribution in [0.25, 0.3) is 0 Å². The molecule has 1 aromatic heterocycles. The minimum atomic E-state index is -0.378. The second kappa shape index (κ2) is 7.63. The van der Waals surface area contributed by atoms with Crippen LogP contribution in [0.3, 0.4) is 0 Å². The Morgan fingerprint density at radius 3 is 3.10 bits per heavy atom. The van der Waals surface area contributed by atoms with Crippen molar-refractivity contribution in [2.45, 2.75) is 44.1 Å². The summed E-state index contributed by atoms with van der Waals surface area (Å²) in [5.41, 5.74) is 0. The quantitative estimate of drug-likeness (QED) is 0.821. The lowest BCUT2D eigenvalue weighted by atomic mass is 10.1. The van der Waals surface area contributed by atoms with Crippen molar-refractivity contribution < 1.29 is 9.84 Å². The maximum absolute atomic E-state index is 10.4. The lowest BCUT2D eigenvalue weighted by Crippen LogP contribution is -2.45. The molecule has 0 radical (unpaired) electrons. The Labute approximate surface area is 130 Å². The molecule has 0 aromatic carbocycles. The summed E-state index contributed by atoms with van der Waals surface area (Å²) in [5, 5.41) is 14.5. The number of thioether (sulfide) groups is 1. The number of ether oxygens (including phenoxy) is 1. The smallest absolute Gasteiger partial charge is 0.0862 e. The fourth-order valence-corrected chi connectivity index (χ4v) is 4.44. The number of aromatic nitrogens is 2. The van der Waals surface area contributed by atoms with E-state index in [9.17, 15) is 5.11 Å². The standard InChI is InChI=1S/C15H25N3O2S/c19-14(10-18-6-2-5-16-18)9-17(13-4-8-21-12-13)11-15-3-1-7-20-15/h2,5-6,13-15,19H,1,3-4,7-12H2/t13-,14-,15-/m1/s1. The Kier molecular flexibility index (Phi) is 5.57. The topological polar surface area (TPSA) is 50.5 Å². The summed E-state index contributed by atoms with van der Waals surface area (Å²) >= 11 is 2.02.